The summed E-state index contributed by atoms with van der Waals surface area (Å²) in [7, 11) is -0.967. The van der Waals surface area contributed by atoms with Crippen LogP contribution in [0.3, 0.4) is 0 Å². The number of benzene rings is 1. The standard InChI is InChI=1S/C15H17BN2O6/c17-12(19)6-18-4-7(5-18)23-11-2-1-8-9-3-10(9)16(22)24-14(8)13(11)15(20)21/h1-2,7,9-10,22H,3-6H2,(H2,17,19)(H,20,21)/t9?,10-/m1/s1. The van der Waals surface area contributed by atoms with Gasteiger partial charge in [0.2, 0.25) is 5.91 Å². The van der Waals surface area contributed by atoms with Gasteiger partial charge in [0.05, 0.1) is 6.54 Å². The zero-order valence-corrected chi connectivity index (χ0v) is 12.8. The summed E-state index contributed by atoms with van der Waals surface area (Å²) in [5.74, 6) is -0.919. The van der Waals surface area contributed by atoms with Gasteiger partial charge < -0.3 is 25.3 Å². The normalized spacial score (nSPS) is 25.1. The molecule has 8 nitrogen and oxygen atoms in total. The van der Waals surface area contributed by atoms with E-state index >= 15 is 0 Å². The second-order valence-electron chi connectivity index (χ2n) is 6.58. The summed E-state index contributed by atoms with van der Waals surface area (Å²) < 4.78 is 11.2. The SMILES string of the molecule is NC(=O)CN1CC(Oc2ccc3c(c2C(=O)O)OB(O)[C@@H]2CC32)C1. The minimum absolute atomic E-state index is 0.0507. The fraction of sp³-hybridized carbons (Fsp3) is 0.467. The van der Waals surface area contributed by atoms with Crippen molar-refractivity contribution < 1.29 is 29.1 Å². The van der Waals surface area contributed by atoms with E-state index in [1.807, 2.05) is 11.0 Å². The van der Waals surface area contributed by atoms with E-state index in [9.17, 15) is 19.7 Å². The Morgan fingerprint density at radius 1 is 1.42 bits per heavy atom. The Morgan fingerprint density at radius 2 is 2.17 bits per heavy atom. The van der Waals surface area contributed by atoms with Crippen molar-refractivity contribution in [3.63, 3.8) is 0 Å². The third kappa shape index (κ3) is 2.49. The molecular weight excluding hydrogens is 315 g/mol. The van der Waals surface area contributed by atoms with Gasteiger partial charge in [-0.15, -0.1) is 0 Å². The molecule has 4 N–H and O–H groups in total. The molecule has 0 bridgehead atoms. The number of carbonyl (C=O) groups excluding carboxylic acids is 1. The highest BCUT2D eigenvalue weighted by Crippen LogP contribution is 2.60. The minimum Gasteiger partial charge on any atom is -0.535 e. The Labute approximate surface area is 138 Å². The molecule has 1 aliphatic carbocycles. The van der Waals surface area contributed by atoms with Gasteiger partial charge in [0, 0.05) is 18.9 Å². The highest BCUT2D eigenvalue weighted by molar-refractivity contribution is 6.48. The van der Waals surface area contributed by atoms with Crippen LogP contribution in [-0.4, -0.2) is 59.8 Å². The number of hydrogen-bond acceptors (Lipinski definition) is 6. The largest absolute Gasteiger partial charge is 0.535 e. The average Bonchev–Trinajstić information content (AvgIpc) is 3.25. The second-order valence-corrected chi connectivity index (χ2v) is 6.58. The van der Waals surface area contributed by atoms with Crippen LogP contribution in [0.2, 0.25) is 5.82 Å². The van der Waals surface area contributed by atoms with E-state index in [1.54, 1.807) is 6.07 Å². The predicted molar refractivity (Wildman–Crippen MR) is 83.2 cm³/mol. The van der Waals surface area contributed by atoms with Crippen LogP contribution in [0.25, 0.3) is 0 Å². The van der Waals surface area contributed by atoms with Crippen molar-refractivity contribution in [2.75, 3.05) is 19.6 Å². The summed E-state index contributed by atoms with van der Waals surface area (Å²) in [6.45, 7) is 1.18. The molecule has 2 atom stereocenters. The van der Waals surface area contributed by atoms with Crippen molar-refractivity contribution in [1.29, 1.82) is 0 Å². The van der Waals surface area contributed by atoms with Crippen molar-refractivity contribution in [1.82, 2.24) is 4.90 Å². The van der Waals surface area contributed by atoms with Gasteiger partial charge in [0.25, 0.3) is 0 Å². The number of fused-ring (bicyclic) bond motifs is 3. The fourth-order valence-corrected chi connectivity index (χ4v) is 3.52. The Morgan fingerprint density at radius 3 is 2.83 bits per heavy atom. The molecule has 1 aromatic carbocycles. The molecule has 2 fully saturated rings. The number of rotatable bonds is 5. The molecular formula is C15H17BN2O6. The lowest BCUT2D eigenvalue weighted by Crippen LogP contribution is -2.56. The first-order valence-corrected chi connectivity index (χ1v) is 7.86. The summed E-state index contributed by atoms with van der Waals surface area (Å²) in [6, 6.07) is 3.46. The van der Waals surface area contributed by atoms with E-state index < -0.39 is 19.0 Å². The number of aromatic carboxylic acids is 1. The predicted octanol–water partition coefficient (Wildman–Crippen LogP) is -0.336. The van der Waals surface area contributed by atoms with Gasteiger partial charge in [0.1, 0.15) is 23.2 Å². The van der Waals surface area contributed by atoms with Crippen LogP contribution in [0.15, 0.2) is 12.1 Å². The number of carboxylic acids is 1. The van der Waals surface area contributed by atoms with Crippen LogP contribution in [0.1, 0.15) is 28.3 Å². The van der Waals surface area contributed by atoms with Gasteiger partial charge in [-0.05, 0) is 24.0 Å². The first-order chi connectivity index (χ1) is 11.4. The number of ether oxygens (including phenoxy) is 1. The van der Waals surface area contributed by atoms with Gasteiger partial charge in [-0.2, -0.15) is 0 Å². The van der Waals surface area contributed by atoms with Crippen LogP contribution in [0.5, 0.6) is 11.5 Å². The quantitative estimate of drug-likeness (QED) is 0.631. The van der Waals surface area contributed by atoms with Crippen molar-refractivity contribution in [2.24, 2.45) is 5.73 Å². The number of primary amides is 1. The van der Waals surface area contributed by atoms with E-state index in [0.29, 0.717) is 13.1 Å². The number of nitrogens with zero attached hydrogens (tertiary/aromatic N) is 1. The topological polar surface area (TPSA) is 122 Å². The maximum atomic E-state index is 11.7. The zero-order valence-electron chi connectivity index (χ0n) is 12.8. The first kappa shape index (κ1) is 15.3. The van der Waals surface area contributed by atoms with E-state index in [0.717, 1.165) is 12.0 Å². The summed E-state index contributed by atoms with van der Waals surface area (Å²) in [6.07, 6.45) is 0.598. The molecule has 3 aliphatic rings. The van der Waals surface area contributed by atoms with Crippen molar-refractivity contribution in [3.05, 3.63) is 23.3 Å². The van der Waals surface area contributed by atoms with E-state index in [1.165, 1.54) is 0 Å². The van der Waals surface area contributed by atoms with Crippen LogP contribution in [-0.2, 0) is 4.79 Å². The van der Waals surface area contributed by atoms with Crippen LogP contribution >= 0.6 is 0 Å². The molecule has 1 unspecified atom stereocenters. The van der Waals surface area contributed by atoms with Crippen molar-refractivity contribution >= 4 is 19.0 Å². The van der Waals surface area contributed by atoms with Gasteiger partial charge in [0.15, 0.2) is 0 Å². The lowest BCUT2D eigenvalue weighted by atomic mass is 9.77. The molecule has 2 heterocycles. The van der Waals surface area contributed by atoms with Crippen LogP contribution in [0, 0.1) is 0 Å². The summed E-state index contributed by atoms with van der Waals surface area (Å²) in [5, 5.41) is 19.5. The first-order valence-electron chi connectivity index (χ1n) is 7.86. The summed E-state index contributed by atoms with van der Waals surface area (Å²) in [5.41, 5.74) is 5.90. The molecule has 1 saturated carbocycles. The minimum atomic E-state index is -1.15. The van der Waals surface area contributed by atoms with Gasteiger partial charge in [-0.3, -0.25) is 9.69 Å². The van der Waals surface area contributed by atoms with Crippen LogP contribution < -0.4 is 15.1 Å². The number of likely N-dealkylation sites (tertiary alicyclic amines) is 1. The van der Waals surface area contributed by atoms with E-state index in [2.05, 4.69) is 0 Å². The molecule has 0 spiro atoms. The van der Waals surface area contributed by atoms with Crippen LogP contribution in [0.4, 0.5) is 0 Å². The number of carbonyl (C=O) groups is 2. The number of amides is 1. The molecule has 9 heteroatoms. The second kappa shape index (κ2) is 5.39. The molecule has 126 valence electrons. The molecule has 2 aliphatic heterocycles. The lowest BCUT2D eigenvalue weighted by molar-refractivity contribution is -0.121. The number of carboxylic acid groups (broad SMARTS) is 1. The zero-order chi connectivity index (χ0) is 17.0. The van der Waals surface area contributed by atoms with E-state index in [4.69, 9.17) is 15.1 Å². The summed E-state index contributed by atoms with van der Waals surface area (Å²) in [4.78, 5) is 24.4. The molecule has 24 heavy (non-hydrogen) atoms. The monoisotopic (exact) mass is 332 g/mol. The maximum absolute atomic E-state index is 11.7. The molecule has 1 amide bonds. The third-order valence-corrected chi connectivity index (χ3v) is 4.80. The van der Waals surface area contributed by atoms with E-state index in [-0.39, 0.29) is 41.4 Å². The highest BCUT2D eigenvalue weighted by Gasteiger charge is 2.54. The molecule has 0 radical (unpaired) electrons. The Bertz CT molecular complexity index is 720. The lowest BCUT2D eigenvalue weighted by Gasteiger charge is -2.38. The van der Waals surface area contributed by atoms with Gasteiger partial charge in [-0.25, -0.2) is 4.79 Å². The Hall–Kier alpha value is -2.26. The Kier molecular flexibility index (Phi) is 3.43. The van der Waals surface area contributed by atoms with Crippen molar-refractivity contribution in [3.8, 4) is 11.5 Å². The number of nitrogens with two attached hydrogens (primary N) is 1. The maximum Gasteiger partial charge on any atom is 0.526 e. The van der Waals surface area contributed by atoms with Crippen molar-refractivity contribution in [2.45, 2.75) is 24.3 Å². The molecule has 0 aromatic heterocycles. The summed E-state index contributed by atoms with van der Waals surface area (Å²) >= 11 is 0. The molecule has 1 saturated heterocycles. The Balaban J connectivity index is 1.55. The number of hydrogen-bond donors (Lipinski definition) is 3. The highest BCUT2D eigenvalue weighted by atomic mass is 16.5. The molecule has 1 aromatic rings. The van der Waals surface area contributed by atoms with Gasteiger partial charge in [-0.1, -0.05) is 6.07 Å². The third-order valence-electron chi connectivity index (χ3n) is 4.80. The average molecular weight is 332 g/mol. The fourth-order valence-electron chi connectivity index (χ4n) is 3.52. The smallest absolute Gasteiger partial charge is 0.526 e. The molecule has 4 rings (SSSR count). The van der Waals surface area contributed by atoms with Gasteiger partial charge >= 0.3 is 13.1 Å².